The van der Waals surface area contributed by atoms with Crippen LogP contribution < -0.4 is 14.2 Å². The van der Waals surface area contributed by atoms with Crippen LogP contribution in [0.4, 0.5) is 0 Å². The van der Waals surface area contributed by atoms with Crippen molar-refractivity contribution in [3.8, 4) is 17.2 Å². The van der Waals surface area contributed by atoms with E-state index in [-0.39, 0.29) is 18.3 Å². The van der Waals surface area contributed by atoms with Crippen LogP contribution in [0.25, 0.3) is 6.08 Å². The molecule has 1 N–H and O–H groups in total. The maximum absolute atomic E-state index is 10.7. The fraction of sp³-hybridized carbons (Fsp3) is 0.500. The molecule has 0 bridgehead atoms. The van der Waals surface area contributed by atoms with E-state index in [2.05, 4.69) is 0 Å². The van der Waals surface area contributed by atoms with E-state index in [1.54, 1.807) is 12.1 Å². The molecule has 0 saturated carbocycles. The highest BCUT2D eigenvalue weighted by Crippen LogP contribution is 2.41. The highest BCUT2D eigenvalue weighted by molar-refractivity contribution is 5.85. The summed E-state index contributed by atoms with van der Waals surface area (Å²) in [5.74, 6) is 0.605. The lowest BCUT2D eigenvalue weighted by molar-refractivity contribution is -0.131. The number of carbonyl (C=O) groups is 1. The van der Waals surface area contributed by atoms with Crippen LogP contribution in [-0.2, 0) is 4.79 Å². The van der Waals surface area contributed by atoms with Crippen molar-refractivity contribution in [3.63, 3.8) is 0 Å². The largest absolute Gasteiger partial charge is 0.487 e. The average Bonchev–Trinajstić information content (AvgIpc) is 2.38. The lowest BCUT2D eigenvalue weighted by Gasteiger charge is -2.22. The molecule has 0 unspecified atom stereocenters. The Morgan fingerprint density at radius 1 is 0.913 bits per heavy atom. The van der Waals surface area contributed by atoms with E-state index in [9.17, 15) is 4.79 Å². The number of hydrogen-bond donors (Lipinski definition) is 1. The average molecular weight is 322 g/mol. The highest BCUT2D eigenvalue weighted by Gasteiger charge is 2.18. The molecule has 0 aliphatic heterocycles. The normalized spacial score (nSPS) is 11.5. The molecule has 1 aromatic carbocycles. The Morgan fingerprint density at radius 2 is 1.35 bits per heavy atom. The molecule has 128 valence electrons. The highest BCUT2D eigenvalue weighted by atomic mass is 16.6. The number of aliphatic carboxylic acids is 1. The Morgan fingerprint density at radius 3 is 1.70 bits per heavy atom. The molecule has 0 saturated heterocycles. The van der Waals surface area contributed by atoms with Crippen molar-refractivity contribution in [1.29, 1.82) is 0 Å². The zero-order valence-corrected chi connectivity index (χ0v) is 14.6. The van der Waals surface area contributed by atoms with Crippen LogP contribution in [0.2, 0.25) is 0 Å². The molecule has 5 heteroatoms. The lowest BCUT2D eigenvalue weighted by Crippen LogP contribution is -2.14. The number of ether oxygens (including phenoxy) is 3. The number of carboxylic acid groups (broad SMARTS) is 1. The summed E-state index contributed by atoms with van der Waals surface area (Å²) >= 11 is 0. The Balaban J connectivity index is 3.39. The first-order chi connectivity index (χ1) is 10.7. The summed E-state index contributed by atoms with van der Waals surface area (Å²) < 4.78 is 17.5. The van der Waals surface area contributed by atoms with Crippen LogP contribution in [0, 0.1) is 0 Å². The van der Waals surface area contributed by atoms with Gasteiger partial charge in [-0.05, 0) is 65.3 Å². The predicted molar refractivity (Wildman–Crippen MR) is 90.4 cm³/mol. The maximum atomic E-state index is 10.7. The van der Waals surface area contributed by atoms with E-state index in [1.807, 2.05) is 41.5 Å². The van der Waals surface area contributed by atoms with Gasteiger partial charge in [0.15, 0.2) is 11.5 Å². The van der Waals surface area contributed by atoms with Gasteiger partial charge >= 0.3 is 5.97 Å². The van der Waals surface area contributed by atoms with Crippen molar-refractivity contribution in [2.24, 2.45) is 0 Å². The first-order valence-electron chi connectivity index (χ1n) is 7.78. The van der Waals surface area contributed by atoms with Gasteiger partial charge in [0, 0.05) is 6.08 Å². The van der Waals surface area contributed by atoms with Gasteiger partial charge < -0.3 is 19.3 Å². The first kappa shape index (κ1) is 18.9. The first-order valence-corrected chi connectivity index (χ1v) is 7.78. The van der Waals surface area contributed by atoms with E-state index >= 15 is 0 Å². The number of benzene rings is 1. The fourth-order valence-electron chi connectivity index (χ4n) is 1.90. The molecular formula is C18H26O5. The minimum Gasteiger partial charge on any atom is -0.487 e. The zero-order chi connectivity index (χ0) is 17.6. The van der Waals surface area contributed by atoms with Gasteiger partial charge in [-0.2, -0.15) is 0 Å². The molecule has 1 aromatic rings. The van der Waals surface area contributed by atoms with Gasteiger partial charge in [-0.1, -0.05) is 0 Å². The molecule has 0 atom stereocenters. The second kappa shape index (κ2) is 8.46. The molecule has 1 rings (SSSR count). The fourth-order valence-corrected chi connectivity index (χ4v) is 1.90. The van der Waals surface area contributed by atoms with E-state index in [0.717, 1.165) is 6.08 Å². The van der Waals surface area contributed by atoms with Crippen molar-refractivity contribution < 1.29 is 24.1 Å². The standard InChI is InChI=1S/C18H26O5/c1-11(2)21-15-9-14(7-8-17(19)20)10-16(22-12(3)4)18(15)23-13(5)6/h7-13H,1-6H3,(H,19,20)/b8-7+. The summed E-state index contributed by atoms with van der Waals surface area (Å²) in [6.07, 6.45) is 2.45. The van der Waals surface area contributed by atoms with Crippen LogP contribution in [0.3, 0.4) is 0 Å². The van der Waals surface area contributed by atoms with Gasteiger partial charge in [0.05, 0.1) is 18.3 Å². The molecule has 0 aliphatic carbocycles. The molecule has 0 heterocycles. The number of hydrogen-bond acceptors (Lipinski definition) is 4. The third kappa shape index (κ3) is 6.63. The van der Waals surface area contributed by atoms with E-state index in [0.29, 0.717) is 22.8 Å². The number of carboxylic acids is 1. The summed E-state index contributed by atoms with van der Waals surface area (Å²) in [6, 6.07) is 3.51. The van der Waals surface area contributed by atoms with Crippen LogP contribution >= 0.6 is 0 Å². The quantitative estimate of drug-likeness (QED) is 0.728. The zero-order valence-electron chi connectivity index (χ0n) is 14.6. The van der Waals surface area contributed by atoms with E-state index < -0.39 is 5.97 Å². The van der Waals surface area contributed by atoms with Gasteiger partial charge in [-0.3, -0.25) is 0 Å². The van der Waals surface area contributed by atoms with Crippen molar-refractivity contribution in [2.45, 2.75) is 59.9 Å². The van der Waals surface area contributed by atoms with Crippen molar-refractivity contribution in [3.05, 3.63) is 23.8 Å². The Labute approximate surface area is 137 Å². The van der Waals surface area contributed by atoms with Gasteiger partial charge in [-0.15, -0.1) is 0 Å². The Hall–Kier alpha value is -2.17. The second-order valence-corrected chi connectivity index (χ2v) is 6.02. The third-order valence-electron chi connectivity index (χ3n) is 2.54. The van der Waals surface area contributed by atoms with E-state index in [1.165, 1.54) is 6.08 Å². The van der Waals surface area contributed by atoms with E-state index in [4.69, 9.17) is 19.3 Å². The van der Waals surface area contributed by atoms with Gasteiger partial charge in [0.1, 0.15) is 0 Å². The topological polar surface area (TPSA) is 65.0 Å². The molecule has 0 aliphatic rings. The van der Waals surface area contributed by atoms with Crippen LogP contribution in [0.5, 0.6) is 17.2 Å². The smallest absolute Gasteiger partial charge is 0.328 e. The molecular weight excluding hydrogens is 296 g/mol. The van der Waals surface area contributed by atoms with Crippen molar-refractivity contribution in [1.82, 2.24) is 0 Å². The number of rotatable bonds is 8. The minimum absolute atomic E-state index is 0.0422. The summed E-state index contributed by atoms with van der Waals surface area (Å²) in [5.41, 5.74) is 0.676. The molecule has 0 radical (unpaired) electrons. The molecule has 0 amide bonds. The second-order valence-electron chi connectivity index (χ2n) is 6.02. The Kier molecular flexibility index (Phi) is 6.94. The lowest BCUT2D eigenvalue weighted by atomic mass is 10.1. The monoisotopic (exact) mass is 322 g/mol. The molecule has 5 nitrogen and oxygen atoms in total. The molecule has 0 aromatic heterocycles. The van der Waals surface area contributed by atoms with Crippen molar-refractivity contribution >= 4 is 12.0 Å². The SMILES string of the molecule is CC(C)Oc1cc(/C=C/C(=O)O)cc(OC(C)C)c1OC(C)C. The van der Waals surface area contributed by atoms with Crippen LogP contribution in [0.1, 0.15) is 47.1 Å². The summed E-state index contributed by atoms with van der Waals surface area (Å²) in [4.78, 5) is 10.7. The third-order valence-corrected chi connectivity index (χ3v) is 2.54. The van der Waals surface area contributed by atoms with Crippen molar-refractivity contribution in [2.75, 3.05) is 0 Å². The van der Waals surface area contributed by atoms with Crippen LogP contribution in [0.15, 0.2) is 18.2 Å². The van der Waals surface area contributed by atoms with Crippen LogP contribution in [-0.4, -0.2) is 29.4 Å². The van der Waals surface area contributed by atoms with Gasteiger partial charge in [0.2, 0.25) is 5.75 Å². The minimum atomic E-state index is -1.01. The summed E-state index contributed by atoms with van der Waals surface area (Å²) in [7, 11) is 0. The van der Waals surface area contributed by atoms with Gasteiger partial charge in [0.25, 0.3) is 0 Å². The maximum Gasteiger partial charge on any atom is 0.328 e. The predicted octanol–water partition coefficient (Wildman–Crippen LogP) is 4.15. The summed E-state index contributed by atoms with van der Waals surface area (Å²) in [6.45, 7) is 11.5. The molecule has 0 spiro atoms. The Bertz CT molecular complexity index is 528. The molecule has 23 heavy (non-hydrogen) atoms. The van der Waals surface area contributed by atoms with Gasteiger partial charge in [-0.25, -0.2) is 4.79 Å². The molecule has 0 fully saturated rings. The summed E-state index contributed by atoms with van der Waals surface area (Å²) in [5, 5.41) is 8.80.